The zero-order valence-electron chi connectivity index (χ0n) is 21.2. The highest BCUT2D eigenvalue weighted by molar-refractivity contribution is 6.09. The van der Waals surface area contributed by atoms with Gasteiger partial charge in [0.05, 0.1) is 23.3 Å². The maximum atomic E-state index is 6.53. The molecule has 178 valence electrons. The molecule has 0 spiro atoms. The summed E-state index contributed by atoms with van der Waals surface area (Å²) >= 11 is 0. The minimum Gasteiger partial charge on any atom is -0.463 e. The summed E-state index contributed by atoms with van der Waals surface area (Å²) in [5, 5.41) is 2.52. The number of hydrogen-bond acceptors (Lipinski definition) is 2. The lowest BCUT2D eigenvalue weighted by atomic mass is 9.72. The predicted octanol–water partition coefficient (Wildman–Crippen LogP) is 8.40. The highest BCUT2D eigenvalue weighted by Gasteiger charge is 2.29. The zero-order chi connectivity index (χ0) is 23.9. The summed E-state index contributed by atoms with van der Waals surface area (Å²) in [5.74, 6) is 0.883. The molecule has 1 aliphatic rings. The Labute approximate surface area is 203 Å². The molecular weight excluding hydrogens is 418 g/mol. The molecule has 3 heteroatoms. The monoisotopic (exact) mass is 455 g/mol. The Bertz CT molecular complexity index is 1250. The molecule has 1 saturated heterocycles. The maximum absolute atomic E-state index is 6.53. The summed E-state index contributed by atoms with van der Waals surface area (Å²) in [7, 11) is 0. The molecule has 5 rings (SSSR count). The molecule has 4 aromatic rings. The first-order valence-corrected chi connectivity index (χ1v) is 12.6. The Morgan fingerprint density at radius 3 is 2.09 bits per heavy atom. The van der Waals surface area contributed by atoms with Gasteiger partial charge in [-0.1, -0.05) is 77.1 Å². The molecule has 1 atom stereocenters. The lowest BCUT2D eigenvalue weighted by molar-refractivity contribution is -0.105. The van der Waals surface area contributed by atoms with Gasteiger partial charge in [0.1, 0.15) is 5.75 Å². The van der Waals surface area contributed by atoms with Crippen LogP contribution in [0.2, 0.25) is 0 Å². The van der Waals surface area contributed by atoms with E-state index in [0.29, 0.717) is 0 Å². The third kappa shape index (κ3) is 4.46. The average molecular weight is 456 g/mol. The highest BCUT2D eigenvalue weighted by Crippen LogP contribution is 2.41. The standard InChI is InChI=1S/C31H37NO2/c1-30(2,3)21-31(4,5)22-17-18-28(34-29-16-10-11-19-33-29)27(20-22)32-25-14-8-6-12-23(25)24-13-7-9-15-26(24)32/h6-9,12-15,17-18,20,29H,10-11,16,19,21H2,1-5H3. The molecule has 1 unspecified atom stereocenters. The van der Waals surface area contributed by atoms with E-state index in [1.54, 1.807) is 0 Å². The first-order chi connectivity index (χ1) is 16.2. The molecule has 0 saturated carbocycles. The van der Waals surface area contributed by atoms with E-state index < -0.39 is 0 Å². The summed E-state index contributed by atoms with van der Waals surface area (Å²) < 4.78 is 14.9. The maximum Gasteiger partial charge on any atom is 0.199 e. The Hall–Kier alpha value is -2.78. The first-order valence-electron chi connectivity index (χ1n) is 12.6. The topological polar surface area (TPSA) is 23.4 Å². The molecule has 34 heavy (non-hydrogen) atoms. The number of aromatic nitrogens is 1. The van der Waals surface area contributed by atoms with Crippen LogP contribution in [0.4, 0.5) is 0 Å². The van der Waals surface area contributed by atoms with E-state index in [4.69, 9.17) is 9.47 Å². The van der Waals surface area contributed by atoms with E-state index in [9.17, 15) is 0 Å². The van der Waals surface area contributed by atoms with Crippen molar-refractivity contribution in [3.05, 3.63) is 72.3 Å². The molecule has 0 aliphatic carbocycles. The van der Waals surface area contributed by atoms with E-state index in [0.717, 1.165) is 43.7 Å². The van der Waals surface area contributed by atoms with Crippen LogP contribution in [0.5, 0.6) is 5.75 Å². The van der Waals surface area contributed by atoms with Gasteiger partial charge >= 0.3 is 0 Å². The minimum absolute atomic E-state index is 0.0334. The Kier molecular flexibility index (Phi) is 5.93. The van der Waals surface area contributed by atoms with Crippen LogP contribution in [0.15, 0.2) is 66.7 Å². The van der Waals surface area contributed by atoms with Gasteiger partial charge in [-0.2, -0.15) is 0 Å². The molecule has 3 nitrogen and oxygen atoms in total. The van der Waals surface area contributed by atoms with Gasteiger partial charge in [-0.15, -0.1) is 0 Å². The molecule has 1 aromatic heterocycles. The van der Waals surface area contributed by atoms with Gasteiger partial charge in [0.25, 0.3) is 0 Å². The molecule has 0 bridgehead atoms. The summed E-state index contributed by atoms with van der Waals surface area (Å²) in [4.78, 5) is 0. The van der Waals surface area contributed by atoms with Gasteiger partial charge in [0.15, 0.2) is 6.29 Å². The molecule has 0 N–H and O–H groups in total. The number of benzene rings is 3. The Balaban J connectivity index is 1.72. The number of ether oxygens (including phenoxy) is 2. The van der Waals surface area contributed by atoms with Crippen molar-refractivity contribution in [3.63, 3.8) is 0 Å². The number of fused-ring (bicyclic) bond motifs is 3. The van der Waals surface area contributed by atoms with E-state index in [1.165, 1.54) is 27.4 Å². The van der Waals surface area contributed by atoms with Crippen LogP contribution in [0.1, 0.15) is 65.9 Å². The van der Waals surface area contributed by atoms with Crippen molar-refractivity contribution in [1.82, 2.24) is 4.57 Å². The third-order valence-corrected chi connectivity index (χ3v) is 6.93. The molecule has 0 amide bonds. The van der Waals surface area contributed by atoms with Crippen LogP contribution in [-0.2, 0) is 10.2 Å². The predicted molar refractivity (Wildman–Crippen MR) is 142 cm³/mol. The summed E-state index contributed by atoms with van der Waals surface area (Å²) in [6.45, 7) is 12.4. The number of nitrogens with zero attached hydrogens (tertiary/aromatic N) is 1. The molecule has 1 fully saturated rings. The van der Waals surface area contributed by atoms with Crippen LogP contribution < -0.4 is 4.74 Å². The van der Waals surface area contributed by atoms with Crippen LogP contribution in [0, 0.1) is 5.41 Å². The zero-order valence-corrected chi connectivity index (χ0v) is 21.2. The second kappa shape index (κ2) is 8.78. The van der Waals surface area contributed by atoms with Crippen molar-refractivity contribution in [2.75, 3.05) is 6.61 Å². The van der Waals surface area contributed by atoms with Crippen LogP contribution >= 0.6 is 0 Å². The molecule has 1 aliphatic heterocycles. The van der Waals surface area contributed by atoms with Gasteiger partial charge in [-0.05, 0) is 59.9 Å². The van der Waals surface area contributed by atoms with Crippen molar-refractivity contribution in [1.29, 1.82) is 0 Å². The smallest absolute Gasteiger partial charge is 0.199 e. The molecular formula is C31H37NO2. The fourth-order valence-electron chi connectivity index (χ4n) is 5.77. The Morgan fingerprint density at radius 1 is 0.853 bits per heavy atom. The van der Waals surface area contributed by atoms with Gasteiger partial charge in [0, 0.05) is 17.2 Å². The van der Waals surface area contributed by atoms with Crippen LogP contribution in [-0.4, -0.2) is 17.5 Å². The lowest BCUT2D eigenvalue weighted by Crippen LogP contribution is -2.26. The molecule has 3 aromatic carbocycles. The van der Waals surface area contributed by atoms with Crippen molar-refractivity contribution in [2.24, 2.45) is 5.41 Å². The third-order valence-electron chi connectivity index (χ3n) is 6.93. The van der Waals surface area contributed by atoms with Crippen molar-refractivity contribution in [3.8, 4) is 11.4 Å². The van der Waals surface area contributed by atoms with E-state index in [2.05, 4.69) is 106 Å². The quantitative estimate of drug-likeness (QED) is 0.301. The highest BCUT2D eigenvalue weighted by atomic mass is 16.7. The number of rotatable bonds is 5. The Morgan fingerprint density at radius 2 is 1.50 bits per heavy atom. The van der Waals surface area contributed by atoms with Crippen LogP contribution in [0.25, 0.3) is 27.5 Å². The second-order valence-corrected chi connectivity index (χ2v) is 11.6. The van der Waals surface area contributed by atoms with Crippen molar-refractivity contribution < 1.29 is 9.47 Å². The first kappa shape index (κ1) is 23.0. The summed E-state index contributed by atoms with van der Waals surface area (Å²) in [6, 6.07) is 24.1. The van der Waals surface area contributed by atoms with E-state index in [1.807, 2.05) is 0 Å². The van der Waals surface area contributed by atoms with Gasteiger partial charge in [0.2, 0.25) is 0 Å². The summed E-state index contributed by atoms with van der Waals surface area (Å²) in [6.07, 6.45) is 4.10. The van der Waals surface area contributed by atoms with Gasteiger partial charge < -0.3 is 14.0 Å². The van der Waals surface area contributed by atoms with Crippen molar-refractivity contribution in [2.45, 2.75) is 72.0 Å². The van der Waals surface area contributed by atoms with Crippen molar-refractivity contribution >= 4 is 21.8 Å². The van der Waals surface area contributed by atoms with E-state index >= 15 is 0 Å². The number of para-hydroxylation sites is 2. The summed E-state index contributed by atoms with van der Waals surface area (Å²) in [5.41, 5.74) is 5.09. The molecule has 2 heterocycles. The van der Waals surface area contributed by atoms with Gasteiger partial charge in [-0.25, -0.2) is 0 Å². The van der Waals surface area contributed by atoms with Crippen LogP contribution in [0.3, 0.4) is 0 Å². The second-order valence-electron chi connectivity index (χ2n) is 11.6. The normalized spacial score (nSPS) is 17.4. The number of hydrogen-bond donors (Lipinski definition) is 0. The van der Waals surface area contributed by atoms with E-state index in [-0.39, 0.29) is 17.1 Å². The largest absolute Gasteiger partial charge is 0.463 e. The minimum atomic E-state index is -0.186. The molecule has 0 radical (unpaired) electrons. The lowest BCUT2D eigenvalue weighted by Gasteiger charge is -2.34. The fraction of sp³-hybridized carbons (Fsp3) is 0.419. The average Bonchev–Trinajstić information content (AvgIpc) is 3.13. The van der Waals surface area contributed by atoms with Gasteiger partial charge in [-0.3, -0.25) is 0 Å². The fourth-order valence-corrected chi connectivity index (χ4v) is 5.77. The SMILES string of the molecule is CC(C)(C)CC(C)(C)c1ccc(OC2CCCCO2)c(-n2c3ccccc3c3ccccc32)c1.